The Hall–Kier alpha value is -2.66. The molecule has 1 aliphatic carbocycles. The summed E-state index contributed by atoms with van der Waals surface area (Å²) in [5, 5.41) is 4.16. The third-order valence-electron chi connectivity index (χ3n) is 4.90. The predicted molar refractivity (Wildman–Crippen MR) is 103 cm³/mol. The number of hydrogen-bond donors (Lipinski definition) is 1. The van der Waals surface area contributed by atoms with Crippen LogP contribution in [-0.2, 0) is 12.8 Å². The van der Waals surface area contributed by atoms with Crippen molar-refractivity contribution in [3.63, 3.8) is 0 Å². The highest BCUT2D eigenvalue weighted by Crippen LogP contribution is 2.38. The van der Waals surface area contributed by atoms with E-state index in [1.54, 1.807) is 6.33 Å². The summed E-state index contributed by atoms with van der Waals surface area (Å²) >= 11 is 0. The summed E-state index contributed by atoms with van der Waals surface area (Å²) in [7, 11) is 0. The summed E-state index contributed by atoms with van der Waals surface area (Å²) in [6.45, 7) is 4.62. The van der Waals surface area contributed by atoms with Crippen LogP contribution in [0.3, 0.4) is 0 Å². The maximum Gasteiger partial charge on any atom is 0.258 e. The van der Waals surface area contributed by atoms with Gasteiger partial charge in [0.15, 0.2) is 0 Å². The Morgan fingerprint density at radius 1 is 1.00 bits per heavy atom. The van der Waals surface area contributed by atoms with Crippen LogP contribution in [0, 0.1) is 5.41 Å². The minimum absolute atomic E-state index is 0. The maximum absolute atomic E-state index is 5.52. The van der Waals surface area contributed by atoms with Crippen LogP contribution >= 0.6 is 12.4 Å². The molecule has 2 aromatic heterocycles. The van der Waals surface area contributed by atoms with Crippen molar-refractivity contribution < 1.29 is 4.52 Å². The quantitative estimate of drug-likeness (QED) is 0.552. The monoisotopic (exact) mass is 366 g/mol. The van der Waals surface area contributed by atoms with Crippen molar-refractivity contribution in [1.29, 1.82) is 0 Å². The van der Waals surface area contributed by atoms with Crippen LogP contribution in [0.5, 0.6) is 0 Å². The highest BCUT2D eigenvalue weighted by Gasteiger charge is 2.28. The van der Waals surface area contributed by atoms with Gasteiger partial charge in [0, 0.05) is 11.1 Å². The lowest BCUT2D eigenvalue weighted by atomic mass is 9.90. The molecule has 0 saturated carbocycles. The number of imidazole rings is 1. The average Bonchev–Trinajstić information content (AvgIpc) is 3.29. The smallest absolute Gasteiger partial charge is 0.258 e. The molecule has 0 amide bonds. The number of aromatic amines is 1. The molecular weight excluding hydrogens is 348 g/mol. The van der Waals surface area contributed by atoms with Crippen LogP contribution < -0.4 is 0 Å². The largest absolute Gasteiger partial charge is 0.345 e. The first-order chi connectivity index (χ1) is 12.1. The first kappa shape index (κ1) is 16.8. The normalized spacial score (nSPS) is 15.0. The summed E-state index contributed by atoms with van der Waals surface area (Å²) in [5.74, 6) is 1.15. The van der Waals surface area contributed by atoms with Crippen LogP contribution in [0.15, 0.2) is 47.2 Å². The van der Waals surface area contributed by atoms with Crippen LogP contribution in [0.4, 0.5) is 0 Å². The van der Waals surface area contributed by atoms with E-state index in [1.807, 2.05) is 18.2 Å². The zero-order valence-corrected chi connectivity index (χ0v) is 15.4. The van der Waals surface area contributed by atoms with Gasteiger partial charge in [0.2, 0.25) is 5.82 Å². The van der Waals surface area contributed by atoms with E-state index in [0.717, 1.165) is 35.0 Å². The lowest BCUT2D eigenvalue weighted by Gasteiger charge is -2.14. The molecule has 5 nitrogen and oxygen atoms in total. The van der Waals surface area contributed by atoms with Crippen molar-refractivity contribution in [3.05, 3.63) is 53.9 Å². The molecule has 0 bridgehead atoms. The second kappa shape index (κ2) is 5.95. The Labute approximate surface area is 157 Å². The molecule has 1 aliphatic rings. The number of benzene rings is 2. The molecule has 5 rings (SSSR count). The third kappa shape index (κ3) is 2.78. The zero-order chi connectivity index (χ0) is 17.0. The van der Waals surface area contributed by atoms with Gasteiger partial charge in [0.05, 0.1) is 17.4 Å². The van der Waals surface area contributed by atoms with E-state index in [0.29, 0.717) is 17.1 Å². The van der Waals surface area contributed by atoms with Crippen LogP contribution in [0.2, 0.25) is 0 Å². The first-order valence-corrected chi connectivity index (χ1v) is 8.47. The number of nitrogens with one attached hydrogen (secondary N) is 1. The van der Waals surface area contributed by atoms with Crippen molar-refractivity contribution in [2.45, 2.75) is 26.7 Å². The molecule has 132 valence electrons. The fraction of sp³-hybridized carbons (Fsp3) is 0.250. The molecule has 1 N–H and O–H groups in total. The molecular formula is C20H19ClN4O. The molecule has 4 aromatic rings. The van der Waals surface area contributed by atoms with Crippen molar-refractivity contribution in [2.24, 2.45) is 5.41 Å². The molecule has 0 unspecified atom stereocenters. The average molecular weight is 367 g/mol. The van der Waals surface area contributed by atoms with Crippen molar-refractivity contribution in [2.75, 3.05) is 0 Å². The minimum Gasteiger partial charge on any atom is -0.345 e. The van der Waals surface area contributed by atoms with Crippen molar-refractivity contribution in [1.82, 2.24) is 20.1 Å². The standard InChI is InChI=1S/C20H18N4O.ClH/c1-20(2)9-14-4-3-13(7-15(14)10-20)19-23-18(24-25-19)12-5-6-16-17(8-12)22-11-21-16;/h3-8,11H,9-10H2,1-2H3,(H,21,22);1H. The van der Waals surface area contributed by atoms with Crippen LogP contribution in [-0.4, -0.2) is 20.1 Å². The lowest BCUT2D eigenvalue weighted by Crippen LogP contribution is -2.09. The Morgan fingerprint density at radius 3 is 2.69 bits per heavy atom. The SMILES string of the molecule is CC1(C)Cc2ccc(-c3nc(-c4ccc5nc[nH]c5c4)no3)cc2C1.Cl. The molecule has 0 saturated heterocycles. The Kier molecular flexibility index (Phi) is 3.84. The topological polar surface area (TPSA) is 67.6 Å². The van der Waals surface area contributed by atoms with Crippen molar-refractivity contribution >= 4 is 23.4 Å². The lowest BCUT2D eigenvalue weighted by molar-refractivity contribution is 0.392. The second-order valence-corrected chi connectivity index (χ2v) is 7.56. The first-order valence-electron chi connectivity index (χ1n) is 8.47. The van der Waals surface area contributed by atoms with Gasteiger partial charge in [-0.3, -0.25) is 0 Å². The molecule has 0 radical (unpaired) electrons. The second-order valence-electron chi connectivity index (χ2n) is 7.56. The van der Waals surface area contributed by atoms with Gasteiger partial charge in [-0.05, 0) is 59.7 Å². The van der Waals surface area contributed by atoms with E-state index >= 15 is 0 Å². The van der Waals surface area contributed by atoms with E-state index in [2.05, 4.69) is 52.2 Å². The number of hydrogen-bond acceptors (Lipinski definition) is 4. The maximum atomic E-state index is 5.52. The molecule has 0 fully saturated rings. The number of halogens is 1. The van der Waals surface area contributed by atoms with Gasteiger partial charge in [-0.2, -0.15) is 4.98 Å². The zero-order valence-electron chi connectivity index (χ0n) is 14.6. The predicted octanol–water partition coefficient (Wildman–Crippen LogP) is 4.83. The van der Waals surface area contributed by atoms with E-state index in [-0.39, 0.29) is 12.4 Å². The van der Waals surface area contributed by atoms with Gasteiger partial charge in [-0.25, -0.2) is 4.98 Å². The van der Waals surface area contributed by atoms with E-state index < -0.39 is 0 Å². The molecule has 2 heterocycles. The Balaban J connectivity index is 0.00000168. The summed E-state index contributed by atoms with van der Waals surface area (Å²) in [6.07, 6.45) is 3.90. The third-order valence-corrected chi connectivity index (χ3v) is 4.90. The Bertz CT molecular complexity index is 1100. The fourth-order valence-corrected chi connectivity index (χ4v) is 3.72. The van der Waals surface area contributed by atoms with Gasteiger partial charge in [-0.15, -0.1) is 12.4 Å². The van der Waals surface area contributed by atoms with E-state index in [9.17, 15) is 0 Å². The van der Waals surface area contributed by atoms with Crippen LogP contribution in [0.25, 0.3) is 33.9 Å². The Morgan fingerprint density at radius 2 is 1.81 bits per heavy atom. The number of aromatic nitrogens is 4. The fourth-order valence-electron chi connectivity index (χ4n) is 3.72. The number of nitrogens with zero attached hydrogens (tertiary/aromatic N) is 3. The molecule has 26 heavy (non-hydrogen) atoms. The number of rotatable bonds is 2. The van der Waals surface area contributed by atoms with Gasteiger partial charge in [0.1, 0.15) is 0 Å². The van der Waals surface area contributed by atoms with Gasteiger partial charge >= 0.3 is 0 Å². The molecule has 6 heteroatoms. The van der Waals surface area contributed by atoms with E-state index in [1.165, 1.54) is 11.1 Å². The highest BCUT2D eigenvalue weighted by molar-refractivity contribution is 5.85. The number of H-pyrrole nitrogens is 1. The summed E-state index contributed by atoms with van der Waals surface area (Å²) in [5.41, 5.74) is 6.93. The minimum atomic E-state index is 0. The molecule has 2 aromatic carbocycles. The highest BCUT2D eigenvalue weighted by atomic mass is 35.5. The van der Waals surface area contributed by atoms with Gasteiger partial charge in [-0.1, -0.05) is 25.1 Å². The summed E-state index contributed by atoms with van der Waals surface area (Å²) in [4.78, 5) is 11.9. The van der Waals surface area contributed by atoms with E-state index in [4.69, 9.17) is 4.52 Å². The summed E-state index contributed by atoms with van der Waals surface area (Å²) < 4.78 is 5.52. The van der Waals surface area contributed by atoms with Gasteiger partial charge < -0.3 is 9.51 Å². The molecule has 0 aliphatic heterocycles. The summed E-state index contributed by atoms with van der Waals surface area (Å²) in [6, 6.07) is 12.4. The number of fused-ring (bicyclic) bond motifs is 2. The van der Waals surface area contributed by atoms with Crippen LogP contribution in [0.1, 0.15) is 25.0 Å². The molecule has 0 spiro atoms. The van der Waals surface area contributed by atoms with Crippen molar-refractivity contribution in [3.8, 4) is 22.8 Å². The van der Waals surface area contributed by atoms with Gasteiger partial charge in [0.25, 0.3) is 5.89 Å². The molecule has 0 atom stereocenters.